The molecule has 0 radical (unpaired) electrons. The first-order valence-corrected chi connectivity index (χ1v) is 6.38. The highest BCUT2D eigenvalue weighted by molar-refractivity contribution is 5.44. The standard InChI is InChI=1S/C14H23N3/c1-10-4-5-14(15)6-13(10)9-17-8-11(2)16-7-12(17)3/h4-6,11-12,16H,7-9,15H2,1-3H3/t11-,12+/m0/s1. The minimum atomic E-state index is 0.576. The van der Waals surface area contributed by atoms with E-state index in [4.69, 9.17) is 5.73 Å². The van der Waals surface area contributed by atoms with Gasteiger partial charge in [-0.15, -0.1) is 0 Å². The molecule has 0 aliphatic carbocycles. The van der Waals surface area contributed by atoms with Crippen LogP contribution in [0.2, 0.25) is 0 Å². The molecular formula is C14H23N3. The number of hydrogen-bond donors (Lipinski definition) is 2. The highest BCUT2D eigenvalue weighted by atomic mass is 15.2. The monoisotopic (exact) mass is 233 g/mol. The summed E-state index contributed by atoms with van der Waals surface area (Å²) >= 11 is 0. The number of nitrogens with two attached hydrogens (primary N) is 1. The summed E-state index contributed by atoms with van der Waals surface area (Å²) in [6, 6.07) is 7.36. The molecule has 1 fully saturated rings. The molecule has 17 heavy (non-hydrogen) atoms. The predicted octanol–water partition coefficient (Wildman–Crippen LogP) is 1.76. The summed E-state index contributed by atoms with van der Waals surface area (Å²) in [5.41, 5.74) is 9.41. The largest absolute Gasteiger partial charge is 0.399 e. The number of benzene rings is 1. The maximum Gasteiger partial charge on any atom is 0.0317 e. The second-order valence-electron chi connectivity index (χ2n) is 5.27. The molecule has 0 amide bonds. The number of rotatable bonds is 2. The Kier molecular flexibility index (Phi) is 3.69. The average Bonchev–Trinajstić information content (AvgIpc) is 2.28. The van der Waals surface area contributed by atoms with Crippen LogP contribution in [0.4, 0.5) is 5.69 Å². The lowest BCUT2D eigenvalue weighted by atomic mass is 10.0. The second-order valence-corrected chi connectivity index (χ2v) is 5.27. The fourth-order valence-electron chi connectivity index (χ4n) is 2.40. The predicted molar refractivity (Wildman–Crippen MR) is 72.9 cm³/mol. The fourth-order valence-corrected chi connectivity index (χ4v) is 2.40. The lowest BCUT2D eigenvalue weighted by molar-refractivity contribution is 0.138. The first-order valence-electron chi connectivity index (χ1n) is 6.38. The Labute approximate surface area is 104 Å². The van der Waals surface area contributed by atoms with Gasteiger partial charge in [-0.3, -0.25) is 4.90 Å². The summed E-state index contributed by atoms with van der Waals surface area (Å²) in [5, 5.41) is 3.51. The van der Waals surface area contributed by atoms with Gasteiger partial charge in [-0.05, 0) is 44.0 Å². The van der Waals surface area contributed by atoms with Crippen molar-refractivity contribution in [2.45, 2.75) is 39.4 Å². The molecule has 3 N–H and O–H groups in total. The highest BCUT2D eigenvalue weighted by Crippen LogP contribution is 2.17. The second kappa shape index (κ2) is 5.07. The number of nitrogen functional groups attached to an aromatic ring is 1. The van der Waals surface area contributed by atoms with E-state index in [0.29, 0.717) is 12.1 Å². The molecule has 1 aliphatic heterocycles. The minimum absolute atomic E-state index is 0.576. The van der Waals surface area contributed by atoms with E-state index in [9.17, 15) is 0 Å². The van der Waals surface area contributed by atoms with E-state index < -0.39 is 0 Å². The van der Waals surface area contributed by atoms with Gasteiger partial charge in [-0.2, -0.15) is 0 Å². The van der Waals surface area contributed by atoms with Gasteiger partial charge >= 0.3 is 0 Å². The Balaban J connectivity index is 2.11. The topological polar surface area (TPSA) is 41.3 Å². The summed E-state index contributed by atoms with van der Waals surface area (Å²) < 4.78 is 0. The lowest BCUT2D eigenvalue weighted by Crippen LogP contribution is -2.53. The molecule has 0 saturated carbocycles. The van der Waals surface area contributed by atoms with Crippen molar-refractivity contribution in [3.8, 4) is 0 Å². The van der Waals surface area contributed by atoms with Gasteiger partial charge in [-0.1, -0.05) is 6.07 Å². The van der Waals surface area contributed by atoms with Crippen molar-refractivity contribution >= 4 is 5.69 Å². The molecule has 1 heterocycles. The van der Waals surface area contributed by atoms with Crippen molar-refractivity contribution in [3.63, 3.8) is 0 Å². The van der Waals surface area contributed by atoms with Gasteiger partial charge in [0.05, 0.1) is 0 Å². The molecule has 1 aromatic rings. The highest BCUT2D eigenvalue weighted by Gasteiger charge is 2.22. The third kappa shape index (κ3) is 2.99. The zero-order chi connectivity index (χ0) is 12.4. The van der Waals surface area contributed by atoms with E-state index in [0.717, 1.165) is 25.3 Å². The van der Waals surface area contributed by atoms with Gasteiger partial charge in [0.1, 0.15) is 0 Å². The SMILES string of the molecule is Cc1ccc(N)cc1CN1C[C@H](C)NC[C@H]1C. The maximum absolute atomic E-state index is 5.86. The summed E-state index contributed by atoms with van der Waals surface area (Å²) in [6.45, 7) is 9.86. The van der Waals surface area contributed by atoms with Crippen molar-refractivity contribution in [1.29, 1.82) is 0 Å². The zero-order valence-electron chi connectivity index (χ0n) is 11.0. The molecule has 2 atom stereocenters. The van der Waals surface area contributed by atoms with Crippen LogP contribution in [0.3, 0.4) is 0 Å². The molecule has 94 valence electrons. The summed E-state index contributed by atoms with van der Waals surface area (Å²) in [5.74, 6) is 0. The average molecular weight is 233 g/mol. The van der Waals surface area contributed by atoms with Crippen LogP contribution < -0.4 is 11.1 Å². The third-order valence-corrected chi connectivity index (χ3v) is 3.64. The van der Waals surface area contributed by atoms with Crippen LogP contribution in [0.25, 0.3) is 0 Å². The number of nitrogens with zero attached hydrogens (tertiary/aromatic N) is 1. The number of hydrogen-bond acceptors (Lipinski definition) is 3. The normalized spacial score (nSPS) is 26.1. The summed E-state index contributed by atoms with van der Waals surface area (Å²) in [7, 11) is 0. The molecule has 1 aromatic carbocycles. The van der Waals surface area contributed by atoms with E-state index in [1.165, 1.54) is 11.1 Å². The summed E-state index contributed by atoms with van der Waals surface area (Å²) in [6.07, 6.45) is 0. The smallest absolute Gasteiger partial charge is 0.0317 e. The lowest BCUT2D eigenvalue weighted by Gasteiger charge is -2.37. The van der Waals surface area contributed by atoms with Crippen LogP contribution in [0.5, 0.6) is 0 Å². The summed E-state index contributed by atoms with van der Waals surface area (Å²) in [4.78, 5) is 2.53. The van der Waals surface area contributed by atoms with Crippen LogP contribution in [0.15, 0.2) is 18.2 Å². The van der Waals surface area contributed by atoms with Gasteiger partial charge in [0.25, 0.3) is 0 Å². The molecule has 1 saturated heterocycles. The maximum atomic E-state index is 5.86. The van der Waals surface area contributed by atoms with E-state index in [-0.39, 0.29) is 0 Å². The van der Waals surface area contributed by atoms with Crippen LogP contribution in [0, 0.1) is 6.92 Å². The Morgan fingerprint density at radius 1 is 1.41 bits per heavy atom. The Morgan fingerprint density at radius 3 is 2.94 bits per heavy atom. The first kappa shape index (κ1) is 12.4. The molecule has 1 aliphatic rings. The van der Waals surface area contributed by atoms with Crippen LogP contribution in [-0.4, -0.2) is 30.1 Å². The van der Waals surface area contributed by atoms with Crippen LogP contribution in [-0.2, 0) is 6.54 Å². The Bertz CT molecular complexity index is 389. The Hall–Kier alpha value is -1.06. The van der Waals surface area contributed by atoms with Gasteiger partial charge in [-0.25, -0.2) is 0 Å². The molecule has 3 nitrogen and oxygen atoms in total. The van der Waals surface area contributed by atoms with E-state index in [1.807, 2.05) is 6.07 Å². The number of aryl methyl sites for hydroxylation is 1. The van der Waals surface area contributed by atoms with Gasteiger partial charge < -0.3 is 11.1 Å². The number of anilines is 1. The van der Waals surface area contributed by atoms with Crippen LogP contribution in [0.1, 0.15) is 25.0 Å². The zero-order valence-corrected chi connectivity index (χ0v) is 11.0. The number of nitrogens with one attached hydrogen (secondary N) is 1. The van der Waals surface area contributed by atoms with Crippen molar-refractivity contribution < 1.29 is 0 Å². The Morgan fingerprint density at radius 2 is 2.18 bits per heavy atom. The quantitative estimate of drug-likeness (QED) is 0.765. The molecule has 0 bridgehead atoms. The van der Waals surface area contributed by atoms with E-state index >= 15 is 0 Å². The van der Waals surface area contributed by atoms with E-state index in [2.05, 4.69) is 43.1 Å². The van der Waals surface area contributed by atoms with Crippen molar-refractivity contribution in [2.75, 3.05) is 18.8 Å². The van der Waals surface area contributed by atoms with Gasteiger partial charge in [0.15, 0.2) is 0 Å². The van der Waals surface area contributed by atoms with Crippen molar-refractivity contribution in [2.24, 2.45) is 0 Å². The molecule has 0 unspecified atom stereocenters. The first-order chi connectivity index (χ1) is 8.06. The van der Waals surface area contributed by atoms with Crippen molar-refractivity contribution in [1.82, 2.24) is 10.2 Å². The molecular weight excluding hydrogens is 210 g/mol. The molecule has 2 rings (SSSR count). The van der Waals surface area contributed by atoms with Crippen molar-refractivity contribution in [3.05, 3.63) is 29.3 Å². The van der Waals surface area contributed by atoms with Gasteiger partial charge in [0, 0.05) is 37.4 Å². The van der Waals surface area contributed by atoms with E-state index in [1.54, 1.807) is 0 Å². The molecule has 0 aromatic heterocycles. The third-order valence-electron chi connectivity index (χ3n) is 3.64. The fraction of sp³-hybridized carbons (Fsp3) is 0.571. The van der Waals surface area contributed by atoms with Crippen LogP contribution >= 0.6 is 0 Å². The molecule has 0 spiro atoms. The number of piperazine rings is 1. The minimum Gasteiger partial charge on any atom is -0.399 e. The molecule has 3 heteroatoms. The van der Waals surface area contributed by atoms with Gasteiger partial charge in [0.2, 0.25) is 0 Å².